The largest absolute Gasteiger partial charge is 0.356 e. The Morgan fingerprint density at radius 3 is 2.82 bits per heavy atom. The highest BCUT2D eigenvalue weighted by molar-refractivity contribution is 8.23. The maximum absolute atomic E-state index is 12.2. The fraction of sp³-hybridized carbons (Fsp3) is 0.350. The molecule has 146 valence electrons. The van der Waals surface area contributed by atoms with Gasteiger partial charge in [0.1, 0.15) is 4.32 Å². The zero-order valence-electron chi connectivity index (χ0n) is 15.1. The van der Waals surface area contributed by atoms with Crippen LogP contribution in [-0.2, 0) is 11.3 Å². The number of likely N-dealkylation sites (tertiary alicyclic amines) is 1. The van der Waals surface area contributed by atoms with Crippen molar-refractivity contribution in [3.8, 4) is 0 Å². The number of anilines is 1. The van der Waals surface area contributed by atoms with Crippen molar-refractivity contribution >= 4 is 51.5 Å². The number of fused-ring (bicyclic) bond motifs is 4. The van der Waals surface area contributed by atoms with Crippen LogP contribution in [0.4, 0.5) is 5.69 Å². The van der Waals surface area contributed by atoms with E-state index in [1.54, 1.807) is 18.2 Å². The third-order valence-electron chi connectivity index (χ3n) is 5.21. The second-order valence-electron chi connectivity index (χ2n) is 7.19. The van der Waals surface area contributed by atoms with Gasteiger partial charge >= 0.3 is 0 Å². The van der Waals surface area contributed by atoms with Crippen molar-refractivity contribution in [3.05, 3.63) is 63.5 Å². The number of nitrogens with one attached hydrogen (secondary N) is 1. The van der Waals surface area contributed by atoms with Gasteiger partial charge in [0.05, 0.1) is 16.5 Å². The van der Waals surface area contributed by atoms with E-state index in [1.165, 1.54) is 11.8 Å². The predicted octanol–water partition coefficient (Wildman–Crippen LogP) is 3.58. The molecular formula is C20H20ClN3O2S2. The fourth-order valence-electron chi connectivity index (χ4n) is 4.01. The Hall–Kier alpha value is -1.83. The molecule has 0 saturated carbocycles. The maximum Gasteiger partial charge on any atom is 0.250 e. The maximum atomic E-state index is 12.2. The van der Waals surface area contributed by atoms with Gasteiger partial charge < -0.3 is 14.8 Å². The predicted molar refractivity (Wildman–Crippen MR) is 118 cm³/mol. The number of amides is 1. The van der Waals surface area contributed by atoms with Gasteiger partial charge in [0.15, 0.2) is 0 Å². The van der Waals surface area contributed by atoms with Gasteiger partial charge in [-0.2, -0.15) is 0 Å². The zero-order chi connectivity index (χ0) is 19.7. The van der Waals surface area contributed by atoms with E-state index < -0.39 is 0 Å². The van der Waals surface area contributed by atoms with Crippen molar-refractivity contribution in [3.63, 3.8) is 0 Å². The number of carbonyl (C=O) groups excluding carboxylic acids is 1. The van der Waals surface area contributed by atoms with Gasteiger partial charge in [-0.05, 0) is 30.5 Å². The van der Waals surface area contributed by atoms with Gasteiger partial charge in [0.2, 0.25) is 5.91 Å². The molecule has 0 spiro atoms. The lowest BCUT2D eigenvalue weighted by atomic mass is 9.83. The van der Waals surface area contributed by atoms with E-state index in [2.05, 4.69) is 10.2 Å². The number of para-hydroxylation sites is 1. The van der Waals surface area contributed by atoms with Crippen molar-refractivity contribution in [1.29, 1.82) is 0 Å². The quantitative estimate of drug-likeness (QED) is 0.750. The van der Waals surface area contributed by atoms with Crippen LogP contribution in [0.25, 0.3) is 0 Å². The number of thioether (sulfide) groups is 1. The summed E-state index contributed by atoms with van der Waals surface area (Å²) in [5.41, 5.74) is 1.78. The van der Waals surface area contributed by atoms with Crippen molar-refractivity contribution in [2.24, 2.45) is 5.92 Å². The Labute approximate surface area is 178 Å². The molecule has 28 heavy (non-hydrogen) atoms. The number of halogens is 1. The highest BCUT2D eigenvalue weighted by Gasteiger charge is 2.35. The molecule has 1 N–H and O–H groups in total. The third-order valence-corrected chi connectivity index (χ3v) is 7.07. The number of hydrogen-bond acceptors (Lipinski definition) is 4. The third kappa shape index (κ3) is 4.11. The lowest BCUT2D eigenvalue weighted by Crippen LogP contribution is -2.48. The van der Waals surface area contributed by atoms with E-state index in [9.17, 15) is 9.59 Å². The Morgan fingerprint density at radius 1 is 1.18 bits per heavy atom. The molecule has 1 aromatic carbocycles. The Morgan fingerprint density at radius 2 is 2.00 bits per heavy atom. The number of aromatic nitrogens is 1. The summed E-state index contributed by atoms with van der Waals surface area (Å²) in [5, 5.41) is 3.33. The molecule has 5 nitrogen and oxygen atoms in total. The molecule has 2 atom stereocenters. The van der Waals surface area contributed by atoms with Gasteiger partial charge in [0.25, 0.3) is 5.56 Å². The molecule has 2 aliphatic heterocycles. The Kier molecular flexibility index (Phi) is 5.75. The Bertz CT molecular complexity index is 978. The summed E-state index contributed by atoms with van der Waals surface area (Å²) in [4.78, 5) is 26.6. The van der Waals surface area contributed by atoms with Crippen LogP contribution in [0.1, 0.15) is 18.0 Å². The molecule has 1 amide bonds. The van der Waals surface area contributed by atoms with Crippen LogP contribution >= 0.6 is 35.6 Å². The minimum atomic E-state index is -0.130. The second-order valence-corrected chi connectivity index (χ2v) is 9.20. The molecule has 2 aromatic rings. The number of nitrogens with zero attached hydrogens (tertiary/aromatic N) is 2. The van der Waals surface area contributed by atoms with Gasteiger partial charge in [-0.25, -0.2) is 0 Å². The van der Waals surface area contributed by atoms with E-state index in [0.29, 0.717) is 22.5 Å². The lowest BCUT2D eigenvalue weighted by Gasteiger charge is -2.43. The van der Waals surface area contributed by atoms with E-state index in [4.69, 9.17) is 23.8 Å². The van der Waals surface area contributed by atoms with Crippen molar-refractivity contribution in [2.75, 3.05) is 24.2 Å². The average molecular weight is 434 g/mol. The zero-order valence-corrected chi connectivity index (χ0v) is 17.5. The van der Waals surface area contributed by atoms with Gasteiger partial charge in [-0.15, -0.1) is 0 Å². The fourth-order valence-corrected chi connectivity index (χ4v) is 5.18. The van der Waals surface area contributed by atoms with Crippen LogP contribution in [-0.4, -0.2) is 38.5 Å². The molecule has 3 heterocycles. The van der Waals surface area contributed by atoms with Crippen LogP contribution < -0.4 is 10.9 Å². The normalized spacial score (nSPS) is 20.4. The van der Waals surface area contributed by atoms with Crippen LogP contribution in [0.15, 0.2) is 47.3 Å². The van der Waals surface area contributed by atoms with Gasteiger partial charge in [-0.3, -0.25) is 9.59 Å². The molecule has 0 radical (unpaired) electrons. The summed E-state index contributed by atoms with van der Waals surface area (Å²) < 4.78 is 2.64. The van der Waals surface area contributed by atoms with Crippen molar-refractivity contribution < 1.29 is 4.79 Å². The van der Waals surface area contributed by atoms with Crippen molar-refractivity contribution in [1.82, 2.24) is 9.47 Å². The molecule has 1 aromatic heterocycles. The first-order valence-electron chi connectivity index (χ1n) is 9.17. The lowest BCUT2D eigenvalue weighted by molar-refractivity contribution is -0.113. The summed E-state index contributed by atoms with van der Waals surface area (Å²) in [5.74, 6) is 0.819. The minimum absolute atomic E-state index is 0.0776. The molecule has 8 heteroatoms. The number of benzene rings is 1. The SMILES string of the molecule is O=C(CSC(=S)N1C[C@@H]2C[C@H](C1)c1cccc(=O)n1C2)Nc1ccccc1Cl. The summed E-state index contributed by atoms with van der Waals surface area (Å²) in [7, 11) is 0. The first-order valence-corrected chi connectivity index (χ1v) is 10.9. The van der Waals surface area contributed by atoms with E-state index >= 15 is 0 Å². The number of thiocarbonyl (C=S) groups is 1. The number of piperidine rings is 1. The molecule has 4 rings (SSSR count). The minimum Gasteiger partial charge on any atom is -0.356 e. The van der Waals surface area contributed by atoms with Gasteiger partial charge in [0, 0.05) is 37.3 Å². The molecular weight excluding hydrogens is 414 g/mol. The van der Waals surface area contributed by atoms with Gasteiger partial charge in [-0.1, -0.05) is 53.8 Å². The molecule has 1 saturated heterocycles. The van der Waals surface area contributed by atoms with Crippen LogP contribution in [0.2, 0.25) is 5.02 Å². The standard InChI is InChI=1S/C20H20ClN3O2S2/c21-15-4-1-2-5-16(15)22-18(25)12-28-20(27)23-9-13-8-14(11-23)17-6-3-7-19(26)24(17)10-13/h1-7,13-14H,8-12H2,(H,22,25)/t13-,14+/m0/s1. The molecule has 2 aliphatic rings. The monoisotopic (exact) mass is 433 g/mol. The highest BCUT2D eigenvalue weighted by atomic mass is 35.5. The summed E-state index contributed by atoms with van der Waals surface area (Å²) in [6, 6.07) is 12.7. The summed E-state index contributed by atoms with van der Waals surface area (Å²) in [6.45, 7) is 2.36. The highest BCUT2D eigenvalue weighted by Crippen LogP contribution is 2.36. The molecule has 2 bridgehead atoms. The Balaban J connectivity index is 1.36. The first kappa shape index (κ1) is 19.5. The van der Waals surface area contributed by atoms with Crippen LogP contribution in [0.3, 0.4) is 0 Å². The number of pyridine rings is 1. The number of rotatable bonds is 3. The topological polar surface area (TPSA) is 54.3 Å². The second kappa shape index (κ2) is 8.27. The van der Waals surface area contributed by atoms with Crippen LogP contribution in [0.5, 0.6) is 0 Å². The van der Waals surface area contributed by atoms with E-state index in [-0.39, 0.29) is 17.2 Å². The molecule has 0 aliphatic carbocycles. The van der Waals surface area contributed by atoms with Crippen molar-refractivity contribution in [2.45, 2.75) is 18.9 Å². The van der Waals surface area contributed by atoms with E-state index in [1.807, 2.05) is 28.8 Å². The van der Waals surface area contributed by atoms with E-state index in [0.717, 1.165) is 36.1 Å². The van der Waals surface area contributed by atoms with Crippen LogP contribution in [0, 0.1) is 5.92 Å². The summed E-state index contributed by atoms with van der Waals surface area (Å²) in [6.07, 6.45) is 1.08. The first-order chi connectivity index (χ1) is 13.5. The summed E-state index contributed by atoms with van der Waals surface area (Å²) >= 11 is 13.1. The molecule has 0 unspecified atom stereocenters. The smallest absolute Gasteiger partial charge is 0.250 e. The average Bonchev–Trinajstić information content (AvgIpc) is 2.68. The molecule has 1 fully saturated rings. The number of carbonyl (C=O) groups is 1. The number of hydrogen-bond donors (Lipinski definition) is 1.